The Hall–Kier alpha value is -0.610. The smallest absolute Gasteiger partial charge is 0.324 e. The van der Waals surface area contributed by atoms with Crippen LogP contribution in [0, 0.1) is 5.92 Å². The fourth-order valence-corrected chi connectivity index (χ4v) is 3.09. The first kappa shape index (κ1) is 12.8. The number of hydrogen-bond acceptors (Lipinski definition) is 4. The first-order valence-corrected chi connectivity index (χ1v) is 6.85. The van der Waals surface area contributed by atoms with Gasteiger partial charge >= 0.3 is 5.97 Å². The highest BCUT2D eigenvalue weighted by Crippen LogP contribution is 2.30. The molecule has 2 fully saturated rings. The Kier molecular flexibility index (Phi) is 4.40. The molecule has 0 bridgehead atoms. The summed E-state index contributed by atoms with van der Waals surface area (Å²) < 4.78 is 5.18. The Labute approximate surface area is 104 Å². The molecule has 1 saturated carbocycles. The number of ether oxygens (including phenoxy) is 1. The van der Waals surface area contributed by atoms with Crippen LogP contribution in [0.25, 0.3) is 0 Å². The Morgan fingerprint density at radius 1 is 1.47 bits per heavy atom. The SMILES string of the molecule is CCOC(=O)C1CNCCN1C1CCC(C)C1. The summed E-state index contributed by atoms with van der Waals surface area (Å²) in [6.45, 7) is 7.35. The summed E-state index contributed by atoms with van der Waals surface area (Å²) in [6, 6.07) is 0.514. The zero-order valence-corrected chi connectivity index (χ0v) is 10.9. The Morgan fingerprint density at radius 2 is 2.29 bits per heavy atom. The second-order valence-electron chi connectivity index (χ2n) is 5.28. The largest absolute Gasteiger partial charge is 0.465 e. The van der Waals surface area contributed by atoms with Crippen LogP contribution in [-0.2, 0) is 9.53 Å². The van der Waals surface area contributed by atoms with E-state index in [1.54, 1.807) is 0 Å². The zero-order chi connectivity index (χ0) is 12.3. The first-order chi connectivity index (χ1) is 8.22. The van der Waals surface area contributed by atoms with Crippen molar-refractivity contribution in [3.63, 3.8) is 0 Å². The molecule has 0 radical (unpaired) electrons. The second-order valence-corrected chi connectivity index (χ2v) is 5.28. The van der Waals surface area contributed by atoms with Crippen molar-refractivity contribution in [3.8, 4) is 0 Å². The molecule has 0 amide bonds. The van der Waals surface area contributed by atoms with Crippen molar-refractivity contribution in [3.05, 3.63) is 0 Å². The maximum Gasteiger partial charge on any atom is 0.324 e. The molecular weight excluding hydrogens is 216 g/mol. The van der Waals surface area contributed by atoms with Crippen LogP contribution in [0.4, 0.5) is 0 Å². The van der Waals surface area contributed by atoms with Crippen molar-refractivity contribution in [2.75, 3.05) is 26.2 Å². The molecule has 3 atom stereocenters. The predicted octanol–water partition coefficient (Wildman–Crippen LogP) is 1.01. The highest BCUT2D eigenvalue weighted by atomic mass is 16.5. The monoisotopic (exact) mass is 240 g/mol. The van der Waals surface area contributed by atoms with E-state index in [1.165, 1.54) is 19.3 Å². The van der Waals surface area contributed by atoms with Crippen LogP contribution in [0.15, 0.2) is 0 Å². The lowest BCUT2D eigenvalue weighted by molar-refractivity contribution is -0.151. The van der Waals surface area contributed by atoms with Gasteiger partial charge in [-0.2, -0.15) is 0 Å². The number of nitrogens with one attached hydrogen (secondary N) is 1. The second kappa shape index (κ2) is 5.83. The molecular formula is C13H24N2O2. The number of carbonyl (C=O) groups excluding carboxylic acids is 1. The molecule has 2 rings (SSSR count). The minimum atomic E-state index is -0.0704. The van der Waals surface area contributed by atoms with E-state index in [0.717, 1.165) is 25.6 Å². The lowest BCUT2D eigenvalue weighted by Gasteiger charge is -2.38. The van der Waals surface area contributed by atoms with E-state index in [4.69, 9.17) is 4.74 Å². The van der Waals surface area contributed by atoms with Crippen molar-refractivity contribution >= 4 is 5.97 Å². The van der Waals surface area contributed by atoms with Crippen molar-refractivity contribution in [1.82, 2.24) is 10.2 Å². The summed E-state index contributed by atoms with van der Waals surface area (Å²) in [4.78, 5) is 14.3. The highest BCUT2D eigenvalue weighted by molar-refractivity contribution is 5.76. The predicted molar refractivity (Wildman–Crippen MR) is 66.8 cm³/mol. The topological polar surface area (TPSA) is 41.6 Å². The molecule has 0 aromatic carbocycles. The molecule has 1 N–H and O–H groups in total. The van der Waals surface area contributed by atoms with E-state index in [2.05, 4.69) is 17.1 Å². The van der Waals surface area contributed by atoms with Gasteiger partial charge in [0.15, 0.2) is 0 Å². The van der Waals surface area contributed by atoms with Gasteiger partial charge in [0.2, 0.25) is 0 Å². The van der Waals surface area contributed by atoms with Gasteiger partial charge in [0.1, 0.15) is 6.04 Å². The van der Waals surface area contributed by atoms with Crippen molar-refractivity contribution in [1.29, 1.82) is 0 Å². The fourth-order valence-electron chi connectivity index (χ4n) is 3.09. The van der Waals surface area contributed by atoms with Gasteiger partial charge in [-0.3, -0.25) is 9.69 Å². The summed E-state index contributed by atoms with van der Waals surface area (Å²) in [6.07, 6.45) is 3.76. The molecule has 1 aliphatic heterocycles. The summed E-state index contributed by atoms with van der Waals surface area (Å²) in [7, 11) is 0. The number of esters is 1. The third-order valence-electron chi connectivity index (χ3n) is 3.98. The third-order valence-corrected chi connectivity index (χ3v) is 3.98. The van der Waals surface area contributed by atoms with Gasteiger partial charge in [0, 0.05) is 25.7 Å². The average Bonchev–Trinajstić information content (AvgIpc) is 2.76. The number of rotatable bonds is 3. The van der Waals surface area contributed by atoms with E-state index in [1.807, 2.05) is 6.92 Å². The van der Waals surface area contributed by atoms with Gasteiger partial charge < -0.3 is 10.1 Å². The molecule has 0 aromatic heterocycles. The van der Waals surface area contributed by atoms with Gasteiger partial charge in [-0.25, -0.2) is 0 Å². The van der Waals surface area contributed by atoms with Crippen LogP contribution in [0.1, 0.15) is 33.1 Å². The molecule has 3 unspecified atom stereocenters. The maximum atomic E-state index is 11.9. The van der Waals surface area contributed by atoms with Gasteiger partial charge in [-0.15, -0.1) is 0 Å². The van der Waals surface area contributed by atoms with Crippen LogP contribution in [0.3, 0.4) is 0 Å². The molecule has 0 spiro atoms. The van der Waals surface area contributed by atoms with Crippen LogP contribution in [-0.4, -0.2) is 49.2 Å². The van der Waals surface area contributed by atoms with Gasteiger partial charge in [0.05, 0.1) is 6.61 Å². The van der Waals surface area contributed by atoms with Crippen molar-refractivity contribution in [2.45, 2.75) is 45.2 Å². The summed E-state index contributed by atoms with van der Waals surface area (Å²) in [5.41, 5.74) is 0. The lowest BCUT2D eigenvalue weighted by Crippen LogP contribution is -2.58. The number of hydrogen-bond donors (Lipinski definition) is 1. The van der Waals surface area contributed by atoms with E-state index in [-0.39, 0.29) is 12.0 Å². The lowest BCUT2D eigenvalue weighted by atomic mass is 10.1. The molecule has 1 aliphatic carbocycles. The van der Waals surface area contributed by atoms with E-state index in [0.29, 0.717) is 12.6 Å². The molecule has 4 heteroatoms. The van der Waals surface area contributed by atoms with Crippen LogP contribution >= 0.6 is 0 Å². The van der Waals surface area contributed by atoms with Crippen molar-refractivity contribution < 1.29 is 9.53 Å². The maximum absolute atomic E-state index is 11.9. The minimum Gasteiger partial charge on any atom is -0.465 e. The highest BCUT2D eigenvalue weighted by Gasteiger charge is 2.36. The van der Waals surface area contributed by atoms with E-state index >= 15 is 0 Å². The van der Waals surface area contributed by atoms with Crippen molar-refractivity contribution in [2.24, 2.45) is 5.92 Å². The molecule has 98 valence electrons. The average molecular weight is 240 g/mol. The van der Waals surface area contributed by atoms with E-state index in [9.17, 15) is 4.79 Å². The molecule has 2 aliphatic rings. The zero-order valence-electron chi connectivity index (χ0n) is 10.9. The number of nitrogens with zero attached hydrogens (tertiary/aromatic N) is 1. The summed E-state index contributed by atoms with van der Waals surface area (Å²) >= 11 is 0. The normalized spacial score (nSPS) is 34.8. The molecule has 1 saturated heterocycles. The Bertz CT molecular complexity index is 270. The Balaban J connectivity index is 1.99. The first-order valence-electron chi connectivity index (χ1n) is 6.85. The Morgan fingerprint density at radius 3 is 2.94 bits per heavy atom. The molecule has 17 heavy (non-hydrogen) atoms. The van der Waals surface area contributed by atoms with E-state index < -0.39 is 0 Å². The number of carbonyl (C=O) groups is 1. The minimum absolute atomic E-state index is 0.0562. The molecule has 4 nitrogen and oxygen atoms in total. The van der Waals surface area contributed by atoms with Gasteiger partial charge in [-0.05, 0) is 32.1 Å². The quantitative estimate of drug-likeness (QED) is 0.748. The van der Waals surface area contributed by atoms with Gasteiger partial charge in [0.25, 0.3) is 0 Å². The third kappa shape index (κ3) is 2.99. The standard InChI is InChI=1S/C13H24N2O2/c1-3-17-13(16)12-9-14-6-7-15(12)11-5-4-10(2)8-11/h10-12,14H,3-9H2,1-2H3. The molecule has 1 heterocycles. The molecule has 0 aromatic rings. The van der Waals surface area contributed by atoms with Crippen LogP contribution in [0.5, 0.6) is 0 Å². The van der Waals surface area contributed by atoms with Crippen LogP contribution < -0.4 is 5.32 Å². The fraction of sp³-hybridized carbons (Fsp3) is 0.923. The number of piperazine rings is 1. The summed E-state index contributed by atoms with van der Waals surface area (Å²) in [5, 5.41) is 3.30. The summed E-state index contributed by atoms with van der Waals surface area (Å²) in [5.74, 6) is 0.747. The van der Waals surface area contributed by atoms with Crippen LogP contribution in [0.2, 0.25) is 0 Å². The van der Waals surface area contributed by atoms with Gasteiger partial charge in [-0.1, -0.05) is 6.92 Å².